The Morgan fingerprint density at radius 2 is 1.91 bits per heavy atom. The van der Waals surface area contributed by atoms with Gasteiger partial charge < -0.3 is 19.7 Å². The first kappa shape index (κ1) is 23.7. The van der Waals surface area contributed by atoms with Crippen LogP contribution < -0.4 is 5.32 Å². The lowest BCUT2D eigenvalue weighted by atomic mass is 10.2. The molecule has 2 aromatic heterocycles. The van der Waals surface area contributed by atoms with Crippen molar-refractivity contribution in [2.75, 3.05) is 32.5 Å². The zero-order chi connectivity index (χ0) is 24.5. The fraction of sp³-hybridized carbons (Fsp3) is 0.391. The first-order chi connectivity index (χ1) is 16.2. The molecule has 1 amide bonds. The topological polar surface area (TPSA) is 79.2 Å². The highest BCUT2D eigenvalue weighted by Gasteiger charge is 2.37. The van der Waals surface area contributed by atoms with Crippen LogP contribution in [0, 0.1) is 0 Å². The molecule has 180 valence electrons. The van der Waals surface area contributed by atoms with Gasteiger partial charge in [-0.3, -0.25) is 4.79 Å². The zero-order valence-corrected chi connectivity index (χ0v) is 19.2. The Balaban J connectivity index is 1.48. The van der Waals surface area contributed by atoms with Crippen LogP contribution in [0.4, 0.5) is 24.8 Å². The molecule has 1 aliphatic heterocycles. The third kappa shape index (κ3) is 4.89. The van der Waals surface area contributed by atoms with E-state index in [2.05, 4.69) is 25.2 Å². The van der Waals surface area contributed by atoms with Crippen molar-refractivity contribution < 1.29 is 18.0 Å². The van der Waals surface area contributed by atoms with Crippen LogP contribution in [0.1, 0.15) is 29.5 Å². The maximum absolute atomic E-state index is 13.2. The summed E-state index contributed by atoms with van der Waals surface area (Å²) in [7, 11) is 4.03. The maximum Gasteiger partial charge on any atom is 0.449 e. The maximum atomic E-state index is 13.2. The number of imidazole rings is 1. The Labute approximate surface area is 195 Å². The SMILES string of the molecule is CCn1c(-c2ccnc(Nc3ccc(C(=O)N4CC[C@H](N(C)C)C4)cc3)n2)cnc1C(F)(F)F. The molecule has 1 saturated heterocycles. The van der Waals surface area contributed by atoms with E-state index in [1.807, 2.05) is 19.0 Å². The Morgan fingerprint density at radius 3 is 2.53 bits per heavy atom. The molecule has 8 nitrogen and oxygen atoms in total. The number of rotatable bonds is 6. The monoisotopic (exact) mass is 473 g/mol. The minimum absolute atomic E-state index is 0.0116. The second kappa shape index (κ2) is 9.41. The van der Waals surface area contributed by atoms with Gasteiger partial charge in [-0.2, -0.15) is 13.2 Å². The van der Waals surface area contributed by atoms with E-state index in [9.17, 15) is 18.0 Å². The number of likely N-dealkylation sites (N-methyl/N-ethyl adjacent to an activating group) is 1. The summed E-state index contributed by atoms with van der Waals surface area (Å²) in [5.41, 5.74) is 1.81. The third-order valence-electron chi connectivity index (χ3n) is 5.91. The molecule has 1 fully saturated rings. The molecule has 1 aliphatic rings. The van der Waals surface area contributed by atoms with Gasteiger partial charge in [0.1, 0.15) is 0 Å². The third-order valence-corrected chi connectivity index (χ3v) is 5.91. The van der Waals surface area contributed by atoms with Crippen LogP contribution in [-0.2, 0) is 12.7 Å². The van der Waals surface area contributed by atoms with E-state index in [1.165, 1.54) is 12.3 Å². The summed E-state index contributed by atoms with van der Waals surface area (Å²) < 4.78 is 40.7. The van der Waals surface area contributed by atoms with Crippen molar-refractivity contribution in [1.29, 1.82) is 0 Å². The van der Waals surface area contributed by atoms with Gasteiger partial charge in [0.2, 0.25) is 11.8 Å². The molecule has 0 radical (unpaired) electrons. The van der Waals surface area contributed by atoms with Crippen molar-refractivity contribution in [3.8, 4) is 11.4 Å². The number of anilines is 2. The molecule has 11 heteroatoms. The van der Waals surface area contributed by atoms with Crippen LogP contribution in [0.3, 0.4) is 0 Å². The smallest absolute Gasteiger partial charge is 0.337 e. The molecule has 34 heavy (non-hydrogen) atoms. The van der Waals surface area contributed by atoms with Gasteiger partial charge in [-0.15, -0.1) is 0 Å². The van der Waals surface area contributed by atoms with E-state index < -0.39 is 12.0 Å². The number of alkyl halides is 3. The van der Waals surface area contributed by atoms with Gasteiger partial charge in [-0.1, -0.05) is 0 Å². The molecule has 4 rings (SSSR count). The Morgan fingerprint density at radius 1 is 1.18 bits per heavy atom. The average molecular weight is 474 g/mol. The number of carbonyl (C=O) groups excluding carboxylic acids is 1. The molecule has 3 aromatic rings. The number of hydrogen-bond donors (Lipinski definition) is 1. The minimum atomic E-state index is -4.55. The summed E-state index contributed by atoms with van der Waals surface area (Å²) in [5, 5.41) is 3.04. The minimum Gasteiger partial charge on any atom is -0.337 e. The van der Waals surface area contributed by atoms with Crippen LogP contribution in [0.5, 0.6) is 0 Å². The average Bonchev–Trinajstić information content (AvgIpc) is 3.47. The van der Waals surface area contributed by atoms with E-state index in [0.29, 0.717) is 29.5 Å². The number of nitrogens with zero attached hydrogens (tertiary/aromatic N) is 6. The second-order valence-electron chi connectivity index (χ2n) is 8.33. The summed E-state index contributed by atoms with van der Waals surface area (Å²) in [4.78, 5) is 28.8. The number of likely N-dealkylation sites (tertiary alicyclic amines) is 1. The highest BCUT2D eigenvalue weighted by molar-refractivity contribution is 5.94. The lowest BCUT2D eigenvalue weighted by Gasteiger charge is -2.20. The molecule has 1 aromatic carbocycles. The van der Waals surface area contributed by atoms with Gasteiger partial charge in [0.15, 0.2) is 0 Å². The first-order valence-corrected chi connectivity index (χ1v) is 11.0. The van der Waals surface area contributed by atoms with Crippen molar-refractivity contribution >= 4 is 17.5 Å². The Kier molecular flexibility index (Phi) is 6.56. The standard InChI is InChI=1S/C23H26F3N7O/c1-4-33-19(13-28-21(33)23(24,25)26)18-9-11-27-22(30-18)29-16-7-5-15(6-8-16)20(34)32-12-10-17(14-32)31(2)3/h5-9,11,13,17H,4,10,12,14H2,1-3H3,(H,27,29,30)/t17-/m0/s1. The van der Waals surface area contributed by atoms with Crippen LogP contribution in [-0.4, -0.2) is 68.5 Å². The van der Waals surface area contributed by atoms with E-state index in [4.69, 9.17) is 0 Å². The van der Waals surface area contributed by atoms with E-state index >= 15 is 0 Å². The van der Waals surface area contributed by atoms with Crippen LogP contribution in [0.15, 0.2) is 42.7 Å². The van der Waals surface area contributed by atoms with Crippen LogP contribution >= 0.6 is 0 Å². The number of halogens is 3. The van der Waals surface area contributed by atoms with Gasteiger partial charge in [-0.25, -0.2) is 15.0 Å². The quantitative estimate of drug-likeness (QED) is 0.585. The van der Waals surface area contributed by atoms with E-state index in [1.54, 1.807) is 31.2 Å². The molecule has 0 aliphatic carbocycles. The summed E-state index contributed by atoms with van der Waals surface area (Å²) in [6.45, 7) is 3.15. The molecular weight excluding hydrogens is 447 g/mol. The molecule has 0 bridgehead atoms. The van der Waals surface area contributed by atoms with E-state index in [-0.39, 0.29) is 24.1 Å². The fourth-order valence-corrected chi connectivity index (χ4v) is 4.04. The summed E-state index contributed by atoms with van der Waals surface area (Å²) >= 11 is 0. The van der Waals surface area contributed by atoms with Crippen molar-refractivity contribution in [2.45, 2.75) is 32.1 Å². The number of benzene rings is 1. The molecule has 0 unspecified atom stereocenters. The van der Waals surface area contributed by atoms with Crippen molar-refractivity contribution in [3.63, 3.8) is 0 Å². The largest absolute Gasteiger partial charge is 0.449 e. The Hall–Kier alpha value is -3.47. The van der Waals surface area contributed by atoms with Crippen molar-refractivity contribution in [3.05, 3.63) is 54.1 Å². The molecule has 0 spiro atoms. The number of aromatic nitrogens is 4. The van der Waals surface area contributed by atoms with Gasteiger partial charge in [0.05, 0.1) is 17.6 Å². The predicted molar refractivity (Wildman–Crippen MR) is 122 cm³/mol. The zero-order valence-electron chi connectivity index (χ0n) is 19.2. The lowest BCUT2D eigenvalue weighted by molar-refractivity contribution is -0.147. The van der Waals surface area contributed by atoms with Crippen molar-refractivity contribution in [2.24, 2.45) is 0 Å². The predicted octanol–water partition coefficient (Wildman–Crippen LogP) is 3.90. The van der Waals surface area contributed by atoms with Gasteiger partial charge in [0, 0.05) is 43.1 Å². The van der Waals surface area contributed by atoms with Gasteiger partial charge in [0.25, 0.3) is 5.91 Å². The van der Waals surface area contributed by atoms with Gasteiger partial charge >= 0.3 is 6.18 Å². The molecule has 3 heterocycles. The van der Waals surface area contributed by atoms with Crippen LogP contribution in [0.2, 0.25) is 0 Å². The summed E-state index contributed by atoms with van der Waals surface area (Å²) in [6, 6.07) is 8.87. The number of nitrogens with one attached hydrogen (secondary N) is 1. The first-order valence-electron chi connectivity index (χ1n) is 11.0. The Bertz CT molecular complexity index is 1160. The van der Waals surface area contributed by atoms with E-state index in [0.717, 1.165) is 23.7 Å². The number of hydrogen-bond acceptors (Lipinski definition) is 6. The second-order valence-corrected chi connectivity index (χ2v) is 8.33. The number of amides is 1. The highest BCUT2D eigenvalue weighted by atomic mass is 19.4. The van der Waals surface area contributed by atoms with Crippen LogP contribution in [0.25, 0.3) is 11.4 Å². The molecule has 0 saturated carbocycles. The fourth-order valence-electron chi connectivity index (χ4n) is 4.04. The molecule has 1 atom stereocenters. The summed E-state index contributed by atoms with van der Waals surface area (Å²) in [5.74, 6) is -0.752. The lowest BCUT2D eigenvalue weighted by Crippen LogP contribution is -2.34. The summed E-state index contributed by atoms with van der Waals surface area (Å²) in [6.07, 6.45) is -0.965. The molecule has 1 N–H and O–H groups in total. The highest BCUT2D eigenvalue weighted by Crippen LogP contribution is 2.31. The van der Waals surface area contributed by atoms with Gasteiger partial charge in [-0.05, 0) is 57.8 Å². The van der Waals surface area contributed by atoms with Crippen molar-refractivity contribution in [1.82, 2.24) is 29.3 Å². The molecular formula is C23H26F3N7O. The normalized spacial score (nSPS) is 16.3. The number of carbonyl (C=O) groups is 1.